The molecule has 0 amide bonds. The third-order valence-corrected chi connectivity index (χ3v) is 1.58. The van der Waals surface area contributed by atoms with Crippen LogP contribution in [-0.4, -0.2) is 7.11 Å². The highest BCUT2D eigenvalue weighted by Gasteiger charge is 1.97. The number of anilines is 1. The van der Waals surface area contributed by atoms with Crippen LogP contribution < -0.4 is 10.5 Å². The van der Waals surface area contributed by atoms with Gasteiger partial charge in [0.25, 0.3) is 0 Å². The predicted molar refractivity (Wildman–Crippen MR) is 43.9 cm³/mol. The van der Waals surface area contributed by atoms with E-state index >= 15 is 0 Å². The molecule has 0 spiro atoms. The van der Waals surface area contributed by atoms with Gasteiger partial charge in [0.2, 0.25) is 0 Å². The van der Waals surface area contributed by atoms with Crippen molar-refractivity contribution >= 4 is 21.6 Å². The standard InChI is InChI=1S/C7H7BrNO/c1-10-7-4-5(8)2-3-6(7)9/h2,4H,9H2,1H3. The first kappa shape index (κ1) is 7.41. The molecule has 0 unspecified atom stereocenters. The highest BCUT2D eigenvalue weighted by Crippen LogP contribution is 2.24. The van der Waals surface area contributed by atoms with Gasteiger partial charge in [0, 0.05) is 10.5 Å². The Kier molecular flexibility index (Phi) is 2.17. The number of nitrogen functional groups attached to an aromatic ring is 1. The first-order valence-electron chi connectivity index (χ1n) is 2.74. The number of rotatable bonds is 1. The number of halogens is 1. The van der Waals surface area contributed by atoms with Gasteiger partial charge >= 0.3 is 0 Å². The van der Waals surface area contributed by atoms with Crippen molar-refractivity contribution in [3.05, 3.63) is 22.7 Å². The monoisotopic (exact) mass is 200 g/mol. The molecule has 0 saturated heterocycles. The first-order valence-corrected chi connectivity index (χ1v) is 3.54. The zero-order valence-electron chi connectivity index (χ0n) is 5.52. The minimum atomic E-state index is 0.533. The molecule has 0 aliphatic heterocycles. The molecule has 1 aromatic carbocycles. The third-order valence-electron chi connectivity index (χ3n) is 1.12. The lowest BCUT2D eigenvalue weighted by molar-refractivity contribution is 0.416. The van der Waals surface area contributed by atoms with E-state index in [1.54, 1.807) is 19.2 Å². The SMILES string of the molecule is COc1cc(Br)c[c]c1N. The van der Waals surface area contributed by atoms with Gasteiger partial charge in [-0.15, -0.1) is 0 Å². The van der Waals surface area contributed by atoms with Gasteiger partial charge in [0.15, 0.2) is 0 Å². The van der Waals surface area contributed by atoms with Crippen LogP contribution in [0, 0.1) is 6.07 Å². The molecule has 2 nitrogen and oxygen atoms in total. The fourth-order valence-electron chi connectivity index (χ4n) is 0.631. The number of ether oxygens (including phenoxy) is 1. The molecular weight excluding hydrogens is 194 g/mol. The summed E-state index contributed by atoms with van der Waals surface area (Å²) in [5, 5.41) is 0. The molecular formula is C7H7BrNO. The minimum Gasteiger partial charge on any atom is -0.495 e. The van der Waals surface area contributed by atoms with Gasteiger partial charge in [-0.1, -0.05) is 15.9 Å². The quantitative estimate of drug-likeness (QED) is 0.703. The smallest absolute Gasteiger partial charge is 0.143 e. The van der Waals surface area contributed by atoms with Crippen LogP contribution in [-0.2, 0) is 0 Å². The van der Waals surface area contributed by atoms with Crippen molar-refractivity contribution in [2.24, 2.45) is 0 Å². The van der Waals surface area contributed by atoms with Crippen LogP contribution in [0.4, 0.5) is 5.69 Å². The van der Waals surface area contributed by atoms with Crippen molar-refractivity contribution in [3.63, 3.8) is 0 Å². The van der Waals surface area contributed by atoms with Gasteiger partial charge in [-0.25, -0.2) is 0 Å². The Morgan fingerprint density at radius 3 is 2.90 bits per heavy atom. The normalized spacial score (nSPS) is 9.40. The molecule has 2 N–H and O–H groups in total. The maximum Gasteiger partial charge on any atom is 0.143 e. The van der Waals surface area contributed by atoms with Crippen molar-refractivity contribution in [1.82, 2.24) is 0 Å². The number of benzene rings is 1. The van der Waals surface area contributed by atoms with E-state index < -0.39 is 0 Å². The molecule has 10 heavy (non-hydrogen) atoms. The molecule has 0 fully saturated rings. The Labute approximate surface area is 68.1 Å². The number of hydrogen-bond acceptors (Lipinski definition) is 2. The average molecular weight is 201 g/mol. The van der Waals surface area contributed by atoms with Gasteiger partial charge in [-0.2, -0.15) is 0 Å². The summed E-state index contributed by atoms with van der Waals surface area (Å²) in [5.41, 5.74) is 6.03. The third kappa shape index (κ3) is 1.42. The summed E-state index contributed by atoms with van der Waals surface area (Å²) in [4.78, 5) is 0. The Bertz CT molecular complexity index is 237. The lowest BCUT2D eigenvalue weighted by Gasteiger charge is -2.02. The Hall–Kier alpha value is -0.700. The number of nitrogens with two attached hydrogens (primary N) is 1. The zero-order valence-corrected chi connectivity index (χ0v) is 7.10. The van der Waals surface area contributed by atoms with Gasteiger partial charge in [-0.05, 0) is 12.1 Å². The van der Waals surface area contributed by atoms with E-state index in [1.807, 2.05) is 0 Å². The Morgan fingerprint density at radius 1 is 1.70 bits per heavy atom. The summed E-state index contributed by atoms with van der Waals surface area (Å²) in [6.07, 6.45) is 0. The lowest BCUT2D eigenvalue weighted by atomic mass is 10.3. The van der Waals surface area contributed by atoms with Crippen molar-refractivity contribution in [2.45, 2.75) is 0 Å². The van der Waals surface area contributed by atoms with Crippen LogP contribution in [0.3, 0.4) is 0 Å². The molecule has 0 heterocycles. The van der Waals surface area contributed by atoms with Crippen LogP contribution in [0.25, 0.3) is 0 Å². The molecule has 1 aromatic rings. The summed E-state index contributed by atoms with van der Waals surface area (Å²) in [5.74, 6) is 0.648. The molecule has 0 bridgehead atoms. The van der Waals surface area contributed by atoms with Crippen molar-refractivity contribution in [2.75, 3.05) is 12.8 Å². The summed E-state index contributed by atoms with van der Waals surface area (Å²) >= 11 is 3.27. The molecule has 0 aromatic heterocycles. The molecule has 0 aliphatic carbocycles. The lowest BCUT2D eigenvalue weighted by Crippen LogP contribution is -1.91. The van der Waals surface area contributed by atoms with Gasteiger partial charge in [0.1, 0.15) is 5.75 Å². The molecule has 0 aliphatic rings. The van der Waals surface area contributed by atoms with Crippen LogP contribution in [0.15, 0.2) is 16.6 Å². The zero-order chi connectivity index (χ0) is 7.56. The highest BCUT2D eigenvalue weighted by molar-refractivity contribution is 9.10. The summed E-state index contributed by atoms with van der Waals surface area (Å²) in [6, 6.07) is 6.37. The summed E-state index contributed by atoms with van der Waals surface area (Å²) in [7, 11) is 1.58. The van der Waals surface area contributed by atoms with Crippen LogP contribution in [0.5, 0.6) is 5.75 Å². The molecule has 0 saturated carbocycles. The molecule has 1 radical (unpaired) electrons. The van der Waals surface area contributed by atoms with Crippen LogP contribution in [0.2, 0.25) is 0 Å². The summed E-state index contributed by atoms with van der Waals surface area (Å²) < 4.78 is 5.85. The Morgan fingerprint density at radius 2 is 2.40 bits per heavy atom. The van der Waals surface area contributed by atoms with Crippen molar-refractivity contribution in [3.8, 4) is 5.75 Å². The predicted octanol–water partition coefficient (Wildman–Crippen LogP) is 1.84. The summed E-state index contributed by atoms with van der Waals surface area (Å²) in [6.45, 7) is 0. The second-order valence-corrected chi connectivity index (χ2v) is 2.72. The topological polar surface area (TPSA) is 35.2 Å². The highest BCUT2D eigenvalue weighted by atomic mass is 79.9. The Balaban J connectivity index is 3.09. The van der Waals surface area contributed by atoms with Crippen molar-refractivity contribution < 1.29 is 4.74 Å². The number of methoxy groups -OCH3 is 1. The maximum absolute atomic E-state index is 5.50. The molecule has 0 atom stereocenters. The maximum atomic E-state index is 5.50. The van der Waals surface area contributed by atoms with Crippen LogP contribution in [0.1, 0.15) is 0 Å². The van der Waals surface area contributed by atoms with E-state index in [0.717, 1.165) is 4.47 Å². The fraction of sp³-hybridized carbons (Fsp3) is 0.143. The number of hydrogen-bond donors (Lipinski definition) is 1. The van der Waals surface area contributed by atoms with E-state index in [1.165, 1.54) is 0 Å². The van der Waals surface area contributed by atoms with Gasteiger partial charge in [0.05, 0.1) is 12.8 Å². The first-order chi connectivity index (χ1) is 4.74. The van der Waals surface area contributed by atoms with Crippen molar-refractivity contribution in [1.29, 1.82) is 0 Å². The van der Waals surface area contributed by atoms with Gasteiger partial charge in [-0.3, -0.25) is 0 Å². The second kappa shape index (κ2) is 2.92. The van der Waals surface area contributed by atoms with E-state index in [0.29, 0.717) is 11.4 Å². The van der Waals surface area contributed by atoms with Gasteiger partial charge < -0.3 is 10.5 Å². The van der Waals surface area contributed by atoms with E-state index in [4.69, 9.17) is 10.5 Å². The second-order valence-electron chi connectivity index (χ2n) is 1.80. The molecule has 1 rings (SSSR count). The van der Waals surface area contributed by atoms with E-state index in [9.17, 15) is 0 Å². The average Bonchev–Trinajstić information content (AvgIpc) is 1.94. The minimum absolute atomic E-state index is 0.533. The van der Waals surface area contributed by atoms with Crippen LogP contribution >= 0.6 is 15.9 Å². The largest absolute Gasteiger partial charge is 0.495 e. The fourth-order valence-corrected chi connectivity index (χ4v) is 0.954. The van der Waals surface area contributed by atoms with E-state index in [-0.39, 0.29) is 0 Å². The molecule has 53 valence electrons. The van der Waals surface area contributed by atoms with E-state index in [2.05, 4.69) is 22.0 Å². The molecule has 3 heteroatoms.